The molecule has 0 aromatic carbocycles. The lowest BCUT2D eigenvalue weighted by Crippen LogP contribution is -2.24. The molecule has 0 radical (unpaired) electrons. The van der Waals surface area contributed by atoms with Crippen LogP contribution in [0.5, 0.6) is 5.75 Å². The number of rotatable bonds is 3. The fourth-order valence-electron chi connectivity index (χ4n) is 0.975. The molecule has 0 bridgehead atoms. The summed E-state index contributed by atoms with van der Waals surface area (Å²) >= 11 is 2.89. The van der Waals surface area contributed by atoms with E-state index in [9.17, 15) is 22.8 Å². The van der Waals surface area contributed by atoms with Crippen LogP contribution < -0.4 is 10.2 Å². The van der Waals surface area contributed by atoms with Crippen LogP contribution in [0.3, 0.4) is 0 Å². The lowest BCUT2D eigenvalue weighted by Gasteiger charge is -2.11. The van der Waals surface area contributed by atoms with E-state index < -0.39 is 23.1 Å². The minimum absolute atomic E-state index is 0.0349. The quantitative estimate of drug-likeness (QED) is 0.686. The lowest BCUT2D eigenvalue weighted by atomic mass is 10.2. The molecule has 0 aliphatic rings. The van der Waals surface area contributed by atoms with E-state index in [0.29, 0.717) is 0 Å². The van der Waals surface area contributed by atoms with Gasteiger partial charge in [-0.25, -0.2) is 0 Å². The average Bonchev–Trinajstić information content (AvgIpc) is 2.19. The summed E-state index contributed by atoms with van der Waals surface area (Å²) in [5.41, 5.74) is -1.61. The Labute approximate surface area is 95.5 Å². The zero-order valence-corrected chi connectivity index (χ0v) is 9.18. The molecular weight excluding hydrogens is 295 g/mol. The first-order chi connectivity index (χ1) is 7.39. The van der Waals surface area contributed by atoms with Crippen molar-refractivity contribution in [3.63, 3.8) is 0 Å². The van der Waals surface area contributed by atoms with Gasteiger partial charge in [0, 0.05) is 11.5 Å². The molecule has 1 rings (SSSR count). The van der Waals surface area contributed by atoms with Crippen LogP contribution in [0.25, 0.3) is 0 Å². The standard InChI is InChI=1S/C8H5BrF3NO3/c9-1-5-7(16-8(10,11)12)6(15)4(3-14)2-13-5/h2-3H,1H2,(H,13,15). The second kappa shape index (κ2) is 4.69. The second-order valence-corrected chi connectivity index (χ2v) is 3.24. The van der Waals surface area contributed by atoms with Crippen molar-refractivity contribution < 1.29 is 22.7 Å². The summed E-state index contributed by atoms with van der Waals surface area (Å²) in [5.74, 6) is -0.922. The van der Waals surface area contributed by atoms with E-state index in [-0.39, 0.29) is 17.3 Å². The molecule has 0 atom stereocenters. The topological polar surface area (TPSA) is 59.2 Å². The van der Waals surface area contributed by atoms with Crippen molar-refractivity contribution in [2.45, 2.75) is 11.7 Å². The van der Waals surface area contributed by atoms with Gasteiger partial charge in [-0.3, -0.25) is 9.59 Å². The fourth-order valence-corrected chi connectivity index (χ4v) is 1.39. The number of aromatic nitrogens is 1. The van der Waals surface area contributed by atoms with E-state index in [1.165, 1.54) is 0 Å². The number of nitrogens with one attached hydrogen (secondary N) is 1. The number of alkyl halides is 4. The van der Waals surface area contributed by atoms with Gasteiger partial charge in [0.2, 0.25) is 5.43 Å². The summed E-state index contributed by atoms with van der Waals surface area (Å²) in [6.07, 6.45) is -3.80. The van der Waals surface area contributed by atoms with E-state index in [0.717, 1.165) is 6.20 Å². The third kappa shape index (κ3) is 2.84. The van der Waals surface area contributed by atoms with Crippen molar-refractivity contribution in [2.24, 2.45) is 0 Å². The normalized spacial score (nSPS) is 11.2. The van der Waals surface area contributed by atoms with Gasteiger partial charge >= 0.3 is 6.36 Å². The predicted octanol–water partition coefficient (Wildman–Crippen LogP) is 1.98. The van der Waals surface area contributed by atoms with Gasteiger partial charge in [0.1, 0.15) is 0 Å². The molecular formula is C8H5BrF3NO3. The fraction of sp³-hybridized carbons (Fsp3) is 0.250. The predicted molar refractivity (Wildman–Crippen MR) is 51.8 cm³/mol. The highest BCUT2D eigenvalue weighted by atomic mass is 79.9. The van der Waals surface area contributed by atoms with Crippen LogP contribution in [0.4, 0.5) is 13.2 Å². The minimum atomic E-state index is -4.98. The average molecular weight is 300 g/mol. The highest BCUT2D eigenvalue weighted by Crippen LogP contribution is 2.23. The zero-order valence-electron chi connectivity index (χ0n) is 7.60. The van der Waals surface area contributed by atoms with E-state index in [2.05, 4.69) is 25.7 Å². The summed E-state index contributed by atoms with van der Waals surface area (Å²) in [4.78, 5) is 24.1. The van der Waals surface area contributed by atoms with Crippen LogP contribution in [0.1, 0.15) is 16.1 Å². The number of halogens is 4. The molecule has 1 aromatic rings. The zero-order chi connectivity index (χ0) is 12.3. The number of ether oxygens (including phenoxy) is 1. The molecule has 0 saturated heterocycles. The van der Waals surface area contributed by atoms with Gasteiger partial charge < -0.3 is 9.72 Å². The summed E-state index contributed by atoms with van der Waals surface area (Å²) in [7, 11) is 0. The van der Waals surface area contributed by atoms with Gasteiger partial charge in [-0.1, -0.05) is 15.9 Å². The lowest BCUT2D eigenvalue weighted by molar-refractivity contribution is -0.275. The first-order valence-corrected chi connectivity index (χ1v) is 5.02. The van der Waals surface area contributed by atoms with Gasteiger partial charge in [0.15, 0.2) is 12.0 Å². The summed E-state index contributed by atoms with van der Waals surface area (Å²) in [6, 6.07) is 0. The Balaban J connectivity index is 3.32. The van der Waals surface area contributed by atoms with E-state index in [1.807, 2.05) is 0 Å². The number of aromatic amines is 1. The third-order valence-electron chi connectivity index (χ3n) is 1.62. The second-order valence-electron chi connectivity index (χ2n) is 2.68. The molecule has 88 valence electrons. The maximum atomic E-state index is 12.0. The maximum absolute atomic E-state index is 12.0. The third-order valence-corrected chi connectivity index (χ3v) is 2.18. The van der Waals surface area contributed by atoms with Crippen LogP contribution >= 0.6 is 15.9 Å². The van der Waals surface area contributed by atoms with Gasteiger partial charge in [-0.05, 0) is 0 Å². The first kappa shape index (κ1) is 12.8. The van der Waals surface area contributed by atoms with E-state index in [1.54, 1.807) is 0 Å². The van der Waals surface area contributed by atoms with Crippen molar-refractivity contribution in [3.8, 4) is 5.75 Å². The van der Waals surface area contributed by atoms with Crippen molar-refractivity contribution in [3.05, 3.63) is 27.7 Å². The molecule has 0 spiro atoms. The largest absolute Gasteiger partial charge is 0.573 e. The highest BCUT2D eigenvalue weighted by molar-refractivity contribution is 9.08. The molecule has 0 fully saturated rings. The monoisotopic (exact) mass is 299 g/mol. The number of carbonyl (C=O) groups excluding carboxylic acids is 1. The number of carbonyl (C=O) groups is 1. The first-order valence-electron chi connectivity index (χ1n) is 3.90. The summed E-state index contributed by atoms with van der Waals surface area (Å²) in [5, 5.41) is -0.0349. The van der Waals surface area contributed by atoms with Gasteiger partial charge in [-0.15, -0.1) is 13.2 Å². The van der Waals surface area contributed by atoms with Crippen LogP contribution in [-0.2, 0) is 5.33 Å². The van der Waals surface area contributed by atoms with Gasteiger partial charge in [0.25, 0.3) is 0 Å². The van der Waals surface area contributed by atoms with Crippen LogP contribution in [0.15, 0.2) is 11.0 Å². The van der Waals surface area contributed by atoms with Crippen LogP contribution in [-0.4, -0.2) is 17.6 Å². The van der Waals surface area contributed by atoms with Crippen LogP contribution in [0, 0.1) is 0 Å². The molecule has 8 heteroatoms. The maximum Gasteiger partial charge on any atom is 0.573 e. The van der Waals surface area contributed by atoms with Crippen molar-refractivity contribution in [2.75, 3.05) is 0 Å². The van der Waals surface area contributed by atoms with E-state index >= 15 is 0 Å². The SMILES string of the molecule is O=Cc1c[nH]c(CBr)c(OC(F)(F)F)c1=O. The Kier molecular flexibility index (Phi) is 3.74. The molecule has 0 saturated carbocycles. The molecule has 0 unspecified atom stereocenters. The molecule has 0 aliphatic heterocycles. The Hall–Kier alpha value is -1.31. The Bertz CT molecular complexity index is 455. The summed E-state index contributed by atoms with van der Waals surface area (Å²) in [6.45, 7) is 0. The summed E-state index contributed by atoms with van der Waals surface area (Å²) < 4.78 is 39.5. The molecule has 1 heterocycles. The minimum Gasteiger partial charge on any atom is -0.400 e. The number of hydrogen-bond donors (Lipinski definition) is 1. The molecule has 1 aromatic heterocycles. The van der Waals surface area contributed by atoms with Gasteiger partial charge in [-0.2, -0.15) is 0 Å². The Morgan fingerprint density at radius 2 is 2.12 bits per heavy atom. The Morgan fingerprint density at radius 1 is 1.50 bits per heavy atom. The van der Waals surface area contributed by atoms with Crippen molar-refractivity contribution in [1.29, 1.82) is 0 Å². The number of H-pyrrole nitrogens is 1. The van der Waals surface area contributed by atoms with Crippen molar-refractivity contribution in [1.82, 2.24) is 4.98 Å². The molecule has 0 amide bonds. The highest BCUT2D eigenvalue weighted by Gasteiger charge is 2.33. The Morgan fingerprint density at radius 3 is 2.56 bits per heavy atom. The van der Waals surface area contributed by atoms with E-state index in [4.69, 9.17) is 0 Å². The number of hydrogen-bond acceptors (Lipinski definition) is 3. The number of pyridine rings is 1. The molecule has 1 N–H and O–H groups in total. The molecule has 4 nitrogen and oxygen atoms in total. The smallest absolute Gasteiger partial charge is 0.400 e. The van der Waals surface area contributed by atoms with Crippen molar-refractivity contribution >= 4 is 22.2 Å². The van der Waals surface area contributed by atoms with Crippen LogP contribution in [0.2, 0.25) is 0 Å². The number of aldehydes is 1. The molecule has 16 heavy (non-hydrogen) atoms. The molecule has 0 aliphatic carbocycles. The van der Waals surface area contributed by atoms with Gasteiger partial charge in [0.05, 0.1) is 11.3 Å².